The minimum atomic E-state index is -0.383. The summed E-state index contributed by atoms with van der Waals surface area (Å²) in [6.45, 7) is 0.443. The van der Waals surface area contributed by atoms with Gasteiger partial charge >= 0.3 is 0 Å². The van der Waals surface area contributed by atoms with E-state index in [9.17, 15) is 14.0 Å². The topological polar surface area (TPSA) is 106 Å². The van der Waals surface area contributed by atoms with E-state index in [1.54, 1.807) is 49.9 Å². The average Bonchev–Trinajstić information content (AvgIpc) is 3.36. The van der Waals surface area contributed by atoms with E-state index >= 15 is 0 Å². The molecule has 3 aromatic heterocycles. The van der Waals surface area contributed by atoms with E-state index in [0.717, 1.165) is 0 Å². The number of H-pyrrole nitrogens is 1. The fraction of sp³-hybridized carbons (Fsp3) is 0.174. The first-order valence-corrected chi connectivity index (χ1v) is 10.1. The second-order valence-electron chi connectivity index (χ2n) is 7.16. The Morgan fingerprint density at radius 3 is 2.53 bits per heavy atom. The molecule has 0 bridgehead atoms. The Bertz CT molecular complexity index is 1270. The maximum atomic E-state index is 13.4. The quantitative estimate of drug-likeness (QED) is 0.326. The van der Waals surface area contributed by atoms with Crippen molar-refractivity contribution in [1.29, 1.82) is 0 Å². The summed E-state index contributed by atoms with van der Waals surface area (Å²) >= 11 is 0. The molecule has 1 aromatic carbocycles. The number of carbonyl (C=O) groups is 1. The van der Waals surface area contributed by atoms with Crippen LogP contribution in [0.15, 0.2) is 66.0 Å². The van der Waals surface area contributed by atoms with Gasteiger partial charge in [0.2, 0.25) is 5.95 Å². The monoisotopic (exact) mass is 432 g/mol. The van der Waals surface area contributed by atoms with Gasteiger partial charge in [0.1, 0.15) is 5.82 Å². The smallest absolute Gasteiger partial charge is 0.263 e. The summed E-state index contributed by atoms with van der Waals surface area (Å²) in [5.41, 5.74) is 1.86. The lowest BCUT2D eigenvalue weighted by Crippen LogP contribution is -2.25. The molecule has 9 heteroatoms. The second-order valence-corrected chi connectivity index (χ2v) is 7.16. The maximum absolute atomic E-state index is 13.4. The minimum absolute atomic E-state index is 0.0808. The molecule has 0 fully saturated rings. The number of nitrogens with zero attached hydrogens (tertiary/aromatic N) is 4. The molecule has 0 aliphatic rings. The van der Waals surface area contributed by atoms with Crippen molar-refractivity contribution in [2.24, 2.45) is 7.05 Å². The van der Waals surface area contributed by atoms with Crippen molar-refractivity contribution >= 4 is 11.7 Å². The van der Waals surface area contributed by atoms with Gasteiger partial charge in [-0.05, 0) is 36.2 Å². The number of nitrogens with one attached hydrogen (secondary N) is 2. The molecule has 0 amide bonds. The van der Waals surface area contributed by atoms with Crippen LogP contribution in [0.5, 0.6) is 0 Å². The molecule has 0 aliphatic heterocycles. The fourth-order valence-corrected chi connectivity index (χ4v) is 3.34. The number of aromatic amines is 1. The summed E-state index contributed by atoms with van der Waals surface area (Å²) in [6.07, 6.45) is 7.23. The molecule has 2 N–H and O–H groups in total. The number of anilines is 1. The van der Waals surface area contributed by atoms with Crippen molar-refractivity contribution in [2.45, 2.75) is 12.8 Å². The zero-order valence-corrected chi connectivity index (χ0v) is 17.4. The lowest BCUT2D eigenvalue weighted by molar-refractivity contribution is 0.0972. The number of ketones is 1. The van der Waals surface area contributed by atoms with Crippen LogP contribution in [-0.2, 0) is 7.05 Å². The molecule has 162 valence electrons. The van der Waals surface area contributed by atoms with E-state index in [4.69, 9.17) is 4.98 Å². The first kappa shape index (κ1) is 21.1. The highest BCUT2D eigenvalue weighted by Gasteiger charge is 2.18. The van der Waals surface area contributed by atoms with Gasteiger partial charge in [0.15, 0.2) is 11.6 Å². The number of benzene rings is 1. The SMILES string of the molecule is Cn1c(NCCCC(=O)c2ncc[nH]2)nc(-c2ccncc2)c(-c2ccc(F)cc2)c1=O. The van der Waals surface area contributed by atoms with Gasteiger partial charge in [-0.15, -0.1) is 0 Å². The number of aromatic nitrogens is 5. The normalized spacial score (nSPS) is 10.8. The summed E-state index contributed by atoms with van der Waals surface area (Å²) in [5, 5.41) is 3.15. The minimum Gasteiger partial charge on any atom is -0.356 e. The summed E-state index contributed by atoms with van der Waals surface area (Å²) in [5.74, 6) is 0.242. The Morgan fingerprint density at radius 2 is 1.84 bits per heavy atom. The Hall–Kier alpha value is -4.14. The van der Waals surface area contributed by atoms with Crippen molar-refractivity contribution < 1.29 is 9.18 Å². The highest BCUT2D eigenvalue weighted by molar-refractivity contribution is 5.92. The number of pyridine rings is 1. The van der Waals surface area contributed by atoms with Gasteiger partial charge in [0.05, 0.1) is 11.3 Å². The standard InChI is InChI=1S/C23H21FN6O2/c1-30-22(32)19(15-4-6-17(24)7-5-15)20(16-8-11-25-12-9-16)29-23(30)28-10-2-3-18(31)21-26-13-14-27-21/h4-9,11-14H,2-3,10H2,1H3,(H,26,27)(H,28,29). The second kappa shape index (κ2) is 9.34. The first-order chi connectivity index (χ1) is 15.5. The van der Waals surface area contributed by atoms with Gasteiger partial charge in [-0.2, -0.15) is 0 Å². The molecule has 0 saturated heterocycles. The van der Waals surface area contributed by atoms with E-state index in [-0.39, 0.29) is 17.2 Å². The average molecular weight is 432 g/mol. The van der Waals surface area contributed by atoms with Crippen molar-refractivity contribution in [3.63, 3.8) is 0 Å². The largest absolute Gasteiger partial charge is 0.356 e. The third-order valence-electron chi connectivity index (χ3n) is 5.00. The van der Waals surface area contributed by atoms with Gasteiger partial charge in [0.25, 0.3) is 5.56 Å². The molecule has 3 heterocycles. The van der Waals surface area contributed by atoms with Crippen LogP contribution in [0.3, 0.4) is 0 Å². The lowest BCUT2D eigenvalue weighted by atomic mass is 10.0. The van der Waals surface area contributed by atoms with Crippen molar-refractivity contribution in [1.82, 2.24) is 24.5 Å². The highest BCUT2D eigenvalue weighted by Crippen LogP contribution is 2.28. The molecule has 0 radical (unpaired) electrons. The fourth-order valence-electron chi connectivity index (χ4n) is 3.34. The van der Waals surface area contributed by atoms with Crippen molar-refractivity contribution in [2.75, 3.05) is 11.9 Å². The lowest BCUT2D eigenvalue weighted by Gasteiger charge is -2.16. The zero-order valence-electron chi connectivity index (χ0n) is 17.4. The molecule has 32 heavy (non-hydrogen) atoms. The molecule has 4 rings (SSSR count). The molecule has 0 aliphatic carbocycles. The van der Waals surface area contributed by atoms with E-state index in [1.807, 2.05) is 0 Å². The van der Waals surface area contributed by atoms with Crippen LogP contribution in [0.25, 0.3) is 22.4 Å². The molecule has 0 atom stereocenters. The van der Waals surface area contributed by atoms with Crippen molar-refractivity contribution in [3.05, 3.63) is 83.2 Å². The summed E-state index contributed by atoms with van der Waals surface area (Å²) in [4.78, 5) is 40.8. The van der Waals surface area contributed by atoms with Crippen LogP contribution in [-0.4, -0.2) is 36.8 Å². The number of rotatable bonds is 8. The molecule has 0 saturated carbocycles. The van der Waals surface area contributed by atoms with E-state index in [0.29, 0.717) is 53.5 Å². The Balaban J connectivity index is 1.62. The third-order valence-corrected chi connectivity index (χ3v) is 5.00. The summed E-state index contributed by atoms with van der Waals surface area (Å²) < 4.78 is 14.9. The zero-order chi connectivity index (χ0) is 22.5. The number of hydrogen-bond donors (Lipinski definition) is 2. The molecule has 0 unspecified atom stereocenters. The number of imidazole rings is 1. The number of halogens is 1. The summed E-state index contributed by atoms with van der Waals surface area (Å²) in [6, 6.07) is 9.28. The third kappa shape index (κ3) is 4.46. The van der Waals surface area contributed by atoms with Gasteiger partial charge in [-0.25, -0.2) is 14.4 Å². The highest BCUT2D eigenvalue weighted by atomic mass is 19.1. The van der Waals surface area contributed by atoms with Crippen LogP contribution in [0.1, 0.15) is 23.5 Å². The van der Waals surface area contributed by atoms with Crippen LogP contribution in [0, 0.1) is 5.82 Å². The van der Waals surface area contributed by atoms with E-state index in [2.05, 4.69) is 20.3 Å². The molecule has 0 spiro atoms. The molecular weight excluding hydrogens is 411 g/mol. The Kier molecular flexibility index (Phi) is 6.16. The van der Waals surface area contributed by atoms with E-state index < -0.39 is 0 Å². The van der Waals surface area contributed by atoms with Gasteiger partial charge in [0, 0.05) is 50.4 Å². The number of carbonyl (C=O) groups excluding carboxylic acids is 1. The first-order valence-electron chi connectivity index (χ1n) is 10.1. The number of Topliss-reactive ketones (excluding diaryl/α,β-unsaturated/α-hetero) is 1. The van der Waals surface area contributed by atoms with Gasteiger partial charge in [-0.1, -0.05) is 12.1 Å². The van der Waals surface area contributed by atoms with Crippen LogP contribution < -0.4 is 10.9 Å². The number of hydrogen-bond acceptors (Lipinski definition) is 6. The van der Waals surface area contributed by atoms with Crippen LogP contribution in [0.4, 0.5) is 10.3 Å². The summed E-state index contributed by atoms with van der Waals surface area (Å²) in [7, 11) is 1.62. The van der Waals surface area contributed by atoms with Gasteiger partial charge in [-0.3, -0.25) is 19.1 Å². The molecule has 4 aromatic rings. The van der Waals surface area contributed by atoms with Crippen molar-refractivity contribution in [3.8, 4) is 22.4 Å². The Labute approximate surface area is 183 Å². The Morgan fingerprint density at radius 1 is 1.09 bits per heavy atom. The molecule has 8 nitrogen and oxygen atoms in total. The predicted molar refractivity (Wildman–Crippen MR) is 119 cm³/mol. The molecular formula is C23H21FN6O2. The maximum Gasteiger partial charge on any atom is 0.263 e. The van der Waals surface area contributed by atoms with Crippen LogP contribution in [0.2, 0.25) is 0 Å². The van der Waals surface area contributed by atoms with E-state index in [1.165, 1.54) is 22.9 Å². The predicted octanol–water partition coefficient (Wildman–Crippen LogP) is 3.45. The van der Waals surface area contributed by atoms with Crippen LogP contribution >= 0.6 is 0 Å². The van der Waals surface area contributed by atoms with Gasteiger partial charge < -0.3 is 10.3 Å².